The van der Waals surface area contributed by atoms with Crippen molar-refractivity contribution in [1.82, 2.24) is 5.32 Å². The Balaban J connectivity index is 1.65. The zero-order valence-corrected chi connectivity index (χ0v) is 21.5. The molecule has 1 atom stereocenters. The molecule has 196 valence electrons. The van der Waals surface area contributed by atoms with E-state index in [1.807, 2.05) is 45.0 Å². The average Bonchev–Trinajstić information content (AvgIpc) is 3.35. The molecule has 37 heavy (non-hydrogen) atoms. The fourth-order valence-electron chi connectivity index (χ4n) is 4.88. The number of amides is 3. The normalized spacial score (nSPS) is 18.2. The van der Waals surface area contributed by atoms with E-state index in [1.165, 1.54) is 23.1 Å². The Bertz CT molecular complexity index is 1200. The number of hydrogen-bond donors (Lipinski definition) is 3. The summed E-state index contributed by atoms with van der Waals surface area (Å²) in [6.07, 6.45) is 4.18. The number of para-hydroxylation sites is 2. The summed E-state index contributed by atoms with van der Waals surface area (Å²) in [5.74, 6) is -1.55. The molecule has 1 aliphatic heterocycles. The first kappa shape index (κ1) is 26.2. The second kappa shape index (κ2) is 10.6. The highest BCUT2D eigenvalue weighted by Gasteiger charge is 2.39. The van der Waals surface area contributed by atoms with Crippen molar-refractivity contribution in [3.63, 3.8) is 0 Å². The Hall–Kier alpha value is -3.88. The van der Waals surface area contributed by atoms with E-state index in [0.29, 0.717) is 11.4 Å². The molecule has 9 heteroatoms. The minimum atomic E-state index is -1.10. The Kier molecular flexibility index (Phi) is 7.52. The molecule has 4 rings (SSSR count). The van der Waals surface area contributed by atoms with Gasteiger partial charge in [-0.2, -0.15) is 0 Å². The van der Waals surface area contributed by atoms with Crippen molar-refractivity contribution >= 4 is 40.8 Å². The molecule has 0 unspecified atom stereocenters. The minimum absolute atomic E-state index is 0.0399. The quantitative estimate of drug-likeness (QED) is 0.538. The lowest BCUT2D eigenvalue weighted by atomic mass is 9.90. The number of nitrogens with zero attached hydrogens (tertiary/aromatic N) is 2. The summed E-state index contributed by atoms with van der Waals surface area (Å²) in [6, 6.07) is 12.2. The molecule has 2 aliphatic rings. The Labute approximate surface area is 216 Å². The van der Waals surface area contributed by atoms with Crippen LogP contribution in [0.25, 0.3) is 0 Å². The lowest BCUT2D eigenvalue weighted by Gasteiger charge is -2.32. The van der Waals surface area contributed by atoms with Gasteiger partial charge in [-0.3, -0.25) is 9.59 Å². The number of carboxylic acid groups (broad SMARTS) is 1. The molecule has 3 N–H and O–H groups in total. The van der Waals surface area contributed by atoms with Crippen molar-refractivity contribution in [3.8, 4) is 0 Å². The van der Waals surface area contributed by atoms with E-state index in [4.69, 9.17) is 0 Å². The van der Waals surface area contributed by atoms with Crippen LogP contribution in [-0.2, 0) is 9.59 Å². The van der Waals surface area contributed by atoms with E-state index < -0.39 is 23.5 Å². The van der Waals surface area contributed by atoms with Crippen LogP contribution in [0.5, 0.6) is 0 Å². The van der Waals surface area contributed by atoms with Crippen molar-refractivity contribution in [2.75, 3.05) is 28.2 Å². The number of ketones is 1. The fraction of sp³-hybridized carbons (Fsp3) is 0.429. The topological polar surface area (TPSA) is 119 Å². The second-order valence-corrected chi connectivity index (χ2v) is 10.7. The number of hydrogen-bond acceptors (Lipinski definition) is 5. The van der Waals surface area contributed by atoms with Gasteiger partial charge >= 0.3 is 12.0 Å². The van der Waals surface area contributed by atoms with Gasteiger partial charge in [-0.25, -0.2) is 9.59 Å². The number of rotatable bonds is 6. The maximum Gasteiger partial charge on any atom is 0.335 e. The van der Waals surface area contributed by atoms with Crippen molar-refractivity contribution in [3.05, 3.63) is 54.1 Å². The number of carboxylic acids is 1. The molecule has 9 nitrogen and oxygen atoms in total. The summed E-state index contributed by atoms with van der Waals surface area (Å²) >= 11 is 0. The number of urea groups is 1. The number of fused-ring (bicyclic) bond motifs is 1. The third kappa shape index (κ3) is 5.93. The summed E-state index contributed by atoms with van der Waals surface area (Å²) < 4.78 is 0. The Morgan fingerprint density at radius 2 is 1.68 bits per heavy atom. The highest BCUT2D eigenvalue weighted by molar-refractivity contribution is 6.08. The number of carbonyl (C=O) groups excluding carboxylic acids is 3. The van der Waals surface area contributed by atoms with Gasteiger partial charge in [0.25, 0.3) is 5.91 Å². The molecular weight excluding hydrogens is 472 g/mol. The Morgan fingerprint density at radius 3 is 2.32 bits per heavy atom. The predicted molar refractivity (Wildman–Crippen MR) is 142 cm³/mol. The summed E-state index contributed by atoms with van der Waals surface area (Å²) in [7, 11) is 0. The van der Waals surface area contributed by atoms with Crippen LogP contribution < -0.4 is 20.4 Å². The van der Waals surface area contributed by atoms with Gasteiger partial charge in [0.2, 0.25) is 0 Å². The third-order valence-electron chi connectivity index (χ3n) is 7.00. The molecule has 0 bridgehead atoms. The second-order valence-electron chi connectivity index (χ2n) is 10.7. The van der Waals surface area contributed by atoms with E-state index >= 15 is 0 Å². The van der Waals surface area contributed by atoms with Gasteiger partial charge in [-0.15, -0.1) is 0 Å². The van der Waals surface area contributed by atoms with Gasteiger partial charge in [-0.1, -0.05) is 51.8 Å². The Morgan fingerprint density at radius 1 is 1.00 bits per heavy atom. The smallest absolute Gasteiger partial charge is 0.335 e. The van der Waals surface area contributed by atoms with Crippen LogP contribution in [0.15, 0.2) is 48.5 Å². The van der Waals surface area contributed by atoms with Crippen molar-refractivity contribution in [1.29, 1.82) is 0 Å². The van der Waals surface area contributed by atoms with Gasteiger partial charge in [0.05, 0.1) is 23.5 Å². The van der Waals surface area contributed by atoms with Crippen LogP contribution in [0.2, 0.25) is 0 Å². The van der Waals surface area contributed by atoms with Crippen LogP contribution in [0.4, 0.5) is 21.9 Å². The summed E-state index contributed by atoms with van der Waals surface area (Å²) in [5, 5.41) is 14.7. The molecule has 0 saturated heterocycles. The van der Waals surface area contributed by atoms with E-state index in [-0.39, 0.29) is 36.4 Å². The van der Waals surface area contributed by atoms with E-state index in [1.54, 1.807) is 6.07 Å². The zero-order chi connectivity index (χ0) is 26.7. The van der Waals surface area contributed by atoms with Crippen molar-refractivity contribution < 1.29 is 24.3 Å². The molecular formula is C28H34N4O5. The first-order valence-corrected chi connectivity index (χ1v) is 12.7. The van der Waals surface area contributed by atoms with E-state index in [2.05, 4.69) is 15.5 Å². The molecule has 2 aromatic carbocycles. The molecule has 1 fully saturated rings. The van der Waals surface area contributed by atoms with Crippen LogP contribution in [0.1, 0.15) is 56.8 Å². The number of anilines is 3. The standard InChI is InChI=1S/C28H34N4O5/c1-28(2,3)24(33)17-32-23-14-7-6-13-22(23)31(20-11-4-5-12-20)16-21(25(32)34)30-27(37)29-19-10-8-9-18(15-19)26(35)36/h6-10,13-15,20-21H,4-5,11-12,16-17H2,1-3H3,(H,35,36)(H2,29,30,37)/t21-/m1/s1. The van der Waals surface area contributed by atoms with Crippen molar-refractivity contribution in [2.45, 2.75) is 58.5 Å². The van der Waals surface area contributed by atoms with Gasteiger partial charge in [-0.05, 0) is 43.2 Å². The highest BCUT2D eigenvalue weighted by Crippen LogP contribution is 2.38. The lowest BCUT2D eigenvalue weighted by molar-refractivity contribution is -0.127. The molecule has 3 amide bonds. The van der Waals surface area contributed by atoms with Gasteiger partial charge < -0.3 is 25.5 Å². The third-order valence-corrected chi connectivity index (χ3v) is 7.00. The van der Waals surface area contributed by atoms with Gasteiger partial charge in [0.1, 0.15) is 6.04 Å². The number of benzene rings is 2. The van der Waals surface area contributed by atoms with Crippen molar-refractivity contribution in [2.24, 2.45) is 5.41 Å². The average molecular weight is 507 g/mol. The minimum Gasteiger partial charge on any atom is -0.478 e. The van der Waals surface area contributed by atoms with E-state index in [9.17, 15) is 24.3 Å². The van der Waals surface area contributed by atoms with Crippen LogP contribution in [-0.4, -0.2) is 54.0 Å². The fourth-order valence-corrected chi connectivity index (χ4v) is 4.88. The maximum atomic E-state index is 13.9. The molecule has 0 aromatic heterocycles. The molecule has 1 aliphatic carbocycles. The predicted octanol–water partition coefficient (Wildman–Crippen LogP) is 4.29. The monoisotopic (exact) mass is 506 g/mol. The first-order valence-electron chi connectivity index (χ1n) is 12.7. The van der Waals surface area contributed by atoms with Crippen LogP contribution in [0, 0.1) is 5.41 Å². The highest BCUT2D eigenvalue weighted by atomic mass is 16.4. The van der Waals surface area contributed by atoms with E-state index in [0.717, 1.165) is 31.4 Å². The van der Waals surface area contributed by atoms with Crippen LogP contribution in [0.3, 0.4) is 0 Å². The first-order chi connectivity index (χ1) is 17.5. The van der Waals surface area contributed by atoms with Gasteiger partial charge in [0, 0.05) is 23.7 Å². The number of aromatic carboxylic acids is 1. The summed E-state index contributed by atoms with van der Waals surface area (Å²) in [4.78, 5) is 54.9. The number of nitrogens with one attached hydrogen (secondary N) is 2. The molecule has 0 radical (unpaired) electrons. The lowest BCUT2D eigenvalue weighted by Crippen LogP contribution is -2.55. The molecule has 1 saturated carbocycles. The number of carbonyl (C=O) groups is 4. The van der Waals surface area contributed by atoms with Gasteiger partial charge in [0.15, 0.2) is 5.78 Å². The number of Topliss-reactive ketones (excluding diaryl/α,β-unsaturated/α-hetero) is 1. The molecule has 1 heterocycles. The maximum absolute atomic E-state index is 13.9. The largest absolute Gasteiger partial charge is 0.478 e. The molecule has 2 aromatic rings. The SMILES string of the molecule is CC(C)(C)C(=O)CN1C(=O)[C@H](NC(=O)Nc2cccc(C(=O)O)c2)CN(C2CCCC2)c2ccccc21. The summed E-state index contributed by atoms with van der Waals surface area (Å²) in [6.45, 7) is 5.63. The zero-order valence-electron chi connectivity index (χ0n) is 21.5. The van der Waals surface area contributed by atoms with Crippen LogP contribution >= 0.6 is 0 Å². The molecule has 0 spiro atoms. The summed E-state index contributed by atoms with van der Waals surface area (Å²) in [5.41, 5.74) is 1.24.